The fourth-order valence-corrected chi connectivity index (χ4v) is 2.12. The van der Waals surface area contributed by atoms with Crippen molar-refractivity contribution >= 4 is 23.0 Å². The van der Waals surface area contributed by atoms with Crippen LogP contribution in [0.3, 0.4) is 0 Å². The summed E-state index contributed by atoms with van der Waals surface area (Å²) in [6.07, 6.45) is 0. The number of thiocarbonyl (C=S) groups is 1. The Balaban J connectivity index is 2.04. The summed E-state index contributed by atoms with van der Waals surface area (Å²) in [6, 6.07) is 10.2. The molecule has 16 heavy (non-hydrogen) atoms. The van der Waals surface area contributed by atoms with E-state index in [2.05, 4.69) is 27.2 Å². The van der Waals surface area contributed by atoms with Crippen LogP contribution in [0.1, 0.15) is 0 Å². The summed E-state index contributed by atoms with van der Waals surface area (Å²) in [5, 5.41) is 4.24. The number of nitrogens with one attached hydrogen (secondary N) is 1. The summed E-state index contributed by atoms with van der Waals surface area (Å²) in [6.45, 7) is 4.03. The molecule has 0 unspecified atom stereocenters. The number of para-hydroxylation sites is 1. The quantitative estimate of drug-likeness (QED) is 0.740. The van der Waals surface area contributed by atoms with Gasteiger partial charge in [0, 0.05) is 38.9 Å². The van der Waals surface area contributed by atoms with E-state index in [0.29, 0.717) is 0 Å². The molecule has 0 aromatic heterocycles. The third-order valence-corrected chi connectivity index (χ3v) is 3.35. The van der Waals surface area contributed by atoms with E-state index in [0.717, 1.165) is 37.0 Å². The maximum atomic E-state index is 5.50. The second kappa shape index (κ2) is 5.27. The van der Waals surface area contributed by atoms with Crippen molar-refractivity contribution < 1.29 is 0 Å². The standard InChI is InChI=1S/C12H17N3S/c1-14(11-5-3-2-4-6-11)12(16)15-9-7-13-8-10-15/h2-6,13H,7-10H2,1H3. The average Bonchev–Trinajstić information content (AvgIpc) is 2.39. The first-order chi connectivity index (χ1) is 7.79. The molecule has 0 radical (unpaired) electrons. The highest BCUT2D eigenvalue weighted by Crippen LogP contribution is 2.13. The van der Waals surface area contributed by atoms with Gasteiger partial charge in [0.05, 0.1) is 0 Å². The normalized spacial score (nSPS) is 15.9. The SMILES string of the molecule is CN(C(=S)N1CCNCC1)c1ccccc1. The van der Waals surface area contributed by atoms with Gasteiger partial charge < -0.3 is 15.1 Å². The van der Waals surface area contributed by atoms with E-state index < -0.39 is 0 Å². The number of nitrogens with zero attached hydrogens (tertiary/aromatic N) is 2. The van der Waals surface area contributed by atoms with Crippen molar-refractivity contribution in [2.45, 2.75) is 0 Å². The first-order valence-corrected chi connectivity index (χ1v) is 5.98. The molecular formula is C12H17N3S. The molecule has 3 nitrogen and oxygen atoms in total. The molecule has 2 rings (SSSR count). The van der Waals surface area contributed by atoms with E-state index in [-0.39, 0.29) is 0 Å². The van der Waals surface area contributed by atoms with Crippen LogP contribution in [0.15, 0.2) is 30.3 Å². The number of rotatable bonds is 1. The fourth-order valence-electron chi connectivity index (χ4n) is 1.83. The molecule has 1 aliphatic rings. The van der Waals surface area contributed by atoms with Crippen molar-refractivity contribution in [2.24, 2.45) is 0 Å². The van der Waals surface area contributed by atoms with Gasteiger partial charge >= 0.3 is 0 Å². The van der Waals surface area contributed by atoms with Crippen LogP contribution >= 0.6 is 12.2 Å². The summed E-state index contributed by atoms with van der Waals surface area (Å²) in [5.74, 6) is 0. The van der Waals surface area contributed by atoms with Gasteiger partial charge in [0.2, 0.25) is 0 Å². The lowest BCUT2D eigenvalue weighted by molar-refractivity contribution is 0.358. The van der Waals surface area contributed by atoms with Crippen molar-refractivity contribution in [1.82, 2.24) is 10.2 Å². The van der Waals surface area contributed by atoms with E-state index in [9.17, 15) is 0 Å². The molecule has 0 aliphatic carbocycles. The Morgan fingerprint density at radius 1 is 1.25 bits per heavy atom. The third-order valence-electron chi connectivity index (χ3n) is 2.82. The number of anilines is 1. The molecule has 1 heterocycles. The van der Waals surface area contributed by atoms with Gasteiger partial charge in [-0.25, -0.2) is 0 Å². The van der Waals surface area contributed by atoms with Crippen LogP contribution in [0, 0.1) is 0 Å². The van der Waals surface area contributed by atoms with E-state index in [1.807, 2.05) is 25.2 Å². The van der Waals surface area contributed by atoms with Gasteiger partial charge in [0.1, 0.15) is 0 Å². The monoisotopic (exact) mass is 235 g/mol. The lowest BCUT2D eigenvalue weighted by Crippen LogP contribution is -2.50. The van der Waals surface area contributed by atoms with Gasteiger partial charge in [-0.15, -0.1) is 0 Å². The zero-order valence-electron chi connectivity index (χ0n) is 9.52. The van der Waals surface area contributed by atoms with E-state index in [1.54, 1.807) is 0 Å². The highest BCUT2D eigenvalue weighted by Gasteiger charge is 2.16. The van der Waals surface area contributed by atoms with Crippen molar-refractivity contribution in [1.29, 1.82) is 0 Å². The van der Waals surface area contributed by atoms with Crippen molar-refractivity contribution in [3.05, 3.63) is 30.3 Å². The van der Waals surface area contributed by atoms with Crippen LogP contribution in [0.4, 0.5) is 5.69 Å². The van der Waals surface area contributed by atoms with Gasteiger partial charge in [0.15, 0.2) is 5.11 Å². The van der Waals surface area contributed by atoms with E-state index >= 15 is 0 Å². The van der Waals surface area contributed by atoms with Gasteiger partial charge in [-0.2, -0.15) is 0 Å². The zero-order valence-corrected chi connectivity index (χ0v) is 10.3. The molecule has 1 fully saturated rings. The highest BCUT2D eigenvalue weighted by atomic mass is 32.1. The van der Waals surface area contributed by atoms with Gasteiger partial charge in [-0.05, 0) is 24.4 Å². The lowest BCUT2D eigenvalue weighted by atomic mass is 10.3. The lowest BCUT2D eigenvalue weighted by Gasteiger charge is -2.34. The smallest absolute Gasteiger partial charge is 0.175 e. The molecule has 1 saturated heterocycles. The molecular weight excluding hydrogens is 218 g/mol. The van der Waals surface area contributed by atoms with E-state index in [1.165, 1.54) is 0 Å². The Morgan fingerprint density at radius 3 is 2.50 bits per heavy atom. The van der Waals surface area contributed by atoms with Gasteiger partial charge in [-0.1, -0.05) is 18.2 Å². The maximum Gasteiger partial charge on any atom is 0.175 e. The second-order valence-electron chi connectivity index (χ2n) is 3.91. The number of benzene rings is 1. The van der Waals surface area contributed by atoms with Crippen LogP contribution in [0.25, 0.3) is 0 Å². The topological polar surface area (TPSA) is 18.5 Å². The molecule has 4 heteroatoms. The van der Waals surface area contributed by atoms with Crippen molar-refractivity contribution in [3.63, 3.8) is 0 Å². The Hall–Kier alpha value is -1.13. The Bertz CT molecular complexity index is 347. The minimum absolute atomic E-state index is 0.910. The van der Waals surface area contributed by atoms with Crippen LogP contribution < -0.4 is 10.2 Å². The Labute approximate surface area is 102 Å². The van der Waals surface area contributed by atoms with Crippen molar-refractivity contribution in [3.8, 4) is 0 Å². The maximum absolute atomic E-state index is 5.50. The second-order valence-corrected chi connectivity index (χ2v) is 4.28. The number of hydrogen-bond donors (Lipinski definition) is 1. The van der Waals surface area contributed by atoms with Gasteiger partial charge in [-0.3, -0.25) is 0 Å². The summed E-state index contributed by atoms with van der Waals surface area (Å²) < 4.78 is 0. The Morgan fingerprint density at radius 2 is 1.88 bits per heavy atom. The average molecular weight is 235 g/mol. The van der Waals surface area contributed by atoms with Gasteiger partial charge in [0.25, 0.3) is 0 Å². The van der Waals surface area contributed by atoms with Crippen LogP contribution in [-0.4, -0.2) is 43.2 Å². The highest BCUT2D eigenvalue weighted by molar-refractivity contribution is 7.80. The predicted octanol–water partition coefficient (Wildman–Crippen LogP) is 1.31. The summed E-state index contributed by atoms with van der Waals surface area (Å²) in [4.78, 5) is 4.32. The molecule has 0 spiro atoms. The fraction of sp³-hybridized carbons (Fsp3) is 0.417. The zero-order chi connectivity index (χ0) is 11.4. The molecule has 1 aliphatic heterocycles. The molecule has 1 aromatic carbocycles. The number of piperazine rings is 1. The predicted molar refractivity (Wildman–Crippen MR) is 71.9 cm³/mol. The third kappa shape index (κ3) is 2.51. The molecule has 1 aromatic rings. The largest absolute Gasteiger partial charge is 0.346 e. The Kier molecular flexibility index (Phi) is 3.74. The molecule has 0 bridgehead atoms. The van der Waals surface area contributed by atoms with Crippen LogP contribution in [0.5, 0.6) is 0 Å². The number of hydrogen-bond acceptors (Lipinski definition) is 2. The van der Waals surface area contributed by atoms with Crippen LogP contribution in [-0.2, 0) is 0 Å². The van der Waals surface area contributed by atoms with E-state index in [4.69, 9.17) is 12.2 Å². The molecule has 0 saturated carbocycles. The first-order valence-electron chi connectivity index (χ1n) is 5.57. The molecule has 0 atom stereocenters. The molecule has 86 valence electrons. The summed E-state index contributed by atoms with van der Waals surface area (Å²) in [7, 11) is 2.03. The first kappa shape index (κ1) is 11.4. The van der Waals surface area contributed by atoms with Crippen molar-refractivity contribution in [2.75, 3.05) is 38.1 Å². The minimum atomic E-state index is 0.910. The minimum Gasteiger partial charge on any atom is -0.346 e. The summed E-state index contributed by atoms with van der Waals surface area (Å²) in [5.41, 5.74) is 1.14. The summed E-state index contributed by atoms with van der Waals surface area (Å²) >= 11 is 5.50. The molecule has 0 amide bonds. The van der Waals surface area contributed by atoms with Crippen LogP contribution in [0.2, 0.25) is 0 Å². The molecule has 1 N–H and O–H groups in total.